The highest BCUT2D eigenvalue weighted by Crippen LogP contribution is 2.40. The minimum Gasteiger partial charge on any atom is -0.313 e. The van der Waals surface area contributed by atoms with E-state index >= 15 is 0 Å². The van der Waals surface area contributed by atoms with Crippen LogP contribution in [-0.4, -0.2) is 27.5 Å². The summed E-state index contributed by atoms with van der Waals surface area (Å²) in [5.74, 6) is -0.932. The molecule has 0 amide bonds. The van der Waals surface area contributed by atoms with Gasteiger partial charge in [0.05, 0.1) is 12.6 Å². The van der Waals surface area contributed by atoms with Crippen molar-refractivity contribution >= 4 is 0 Å². The van der Waals surface area contributed by atoms with E-state index in [1.54, 1.807) is 4.57 Å². The van der Waals surface area contributed by atoms with Crippen molar-refractivity contribution in [2.45, 2.75) is 64.7 Å². The first-order valence-electron chi connectivity index (χ1n) is 7.81. The lowest BCUT2D eigenvalue weighted by molar-refractivity contribution is -0.156. The third-order valence-corrected chi connectivity index (χ3v) is 4.24. The minimum absolute atomic E-state index is 0.0318. The van der Waals surface area contributed by atoms with Crippen LogP contribution >= 0.6 is 0 Å². The molecule has 0 bridgehead atoms. The van der Waals surface area contributed by atoms with E-state index in [0.29, 0.717) is 38.3 Å². The Morgan fingerprint density at radius 3 is 2.74 bits per heavy atom. The lowest BCUT2D eigenvalue weighted by Crippen LogP contribution is -2.31. The number of halogens is 3. The summed E-state index contributed by atoms with van der Waals surface area (Å²) >= 11 is 0. The number of fused-ring (bicyclic) bond motifs is 1. The number of nitrogens with one attached hydrogen (secondary N) is 1. The Balaban J connectivity index is 1.98. The summed E-state index contributed by atoms with van der Waals surface area (Å²) in [6.07, 6.45) is -2.45. The maximum absolute atomic E-state index is 13.0. The van der Waals surface area contributed by atoms with Gasteiger partial charge >= 0.3 is 6.18 Å². The van der Waals surface area contributed by atoms with Crippen molar-refractivity contribution in [1.82, 2.24) is 20.1 Å². The van der Waals surface area contributed by atoms with E-state index in [9.17, 15) is 13.2 Å². The zero-order chi connectivity index (χ0) is 17.1. The van der Waals surface area contributed by atoms with Crippen LogP contribution in [0.3, 0.4) is 0 Å². The van der Waals surface area contributed by atoms with Gasteiger partial charge in [-0.25, -0.2) is 0 Å². The Bertz CT molecular complexity index is 571. The van der Waals surface area contributed by atoms with E-state index in [4.69, 9.17) is 5.26 Å². The highest BCUT2D eigenvalue weighted by Gasteiger charge is 2.45. The van der Waals surface area contributed by atoms with Crippen molar-refractivity contribution in [1.29, 1.82) is 5.26 Å². The largest absolute Gasteiger partial charge is 0.398 e. The first-order chi connectivity index (χ1) is 10.7. The lowest BCUT2D eigenvalue weighted by Gasteiger charge is -2.26. The first kappa shape index (κ1) is 17.7. The fourth-order valence-corrected chi connectivity index (χ4v) is 2.87. The van der Waals surface area contributed by atoms with Crippen molar-refractivity contribution in [2.75, 3.05) is 6.54 Å². The summed E-state index contributed by atoms with van der Waals surface area (Å²) in [4.78, 5) is 0. The number of hydrogen-bond acceptors (Lipinski definition) is 4. The van der Waals surface area contributed by atoms with Gasteiger partial charge in [0.2, 0.25) is 0 Å². The molecular weight excluding hydrogens is 307 g/mol. The highest BCUT2D eigenvalue weighted by molar-refractivity contribution is 5.07. The predicted molar refractivity (Wildman–Crippen MR) is 78.4 cm³/mol. The number of nitrogens with zero attached hydrogens (tertiary/aromatic N) is 4. The third kappa shape index (κ3) is 4.44. The van der Waals surface area contributed by atoms with Gasteiger partial charge in [-0.1, -0.05) is 13.8 Å². The smallest absolute Gasteiger partial charge is 0.313 e. The zero-order valence-electron chi connectivity index (χ0n) is 13.4. The van der Waals surface area contributed by atoms with E-state index in [0.717, 1.165) is 6.42 Å². The molecule has 2 heterocycles. The molecule has 2 rings (SSSR count). The number of nitriles is 1. The average Bonchev–Trinajstić information content (AvgIpc) is 2.87. The highest BCUT2D eigenvalue weighted by atomic mass is 19.4. The quantitative estimate of drug-likeness (QED) is 0.871. The van der Waals surface area contributed by atoms with Gasteiger partial charge in [-0.15, -0.1) is 10.2 Å². The summed E-state index contributed by atoms with van der Waals surface area (Å²) < 4.78 is 40.7. The number of alkyl halides is 3. The van der Waals surface area contributed by atoms with Crippen LogP contribution in [0.25, 0.3) is 0 Å². The van der Waals surface area contributed by atoms with Crippen LogP contribution in [0.4, 0.5) is 13.2 Å². The van der Waals surface area contributed by atoms with Crippen LogP contribution in [0.5, 0.6) is 0 Å². The molecule has 8 heteroatoms. The van der Waals surface area contributed by atoms with E-state index in [-0.39, 0.29) is 17.7 Å². The Morgan fingerprint density at radius 1 is 1.35 bits per heavy atom. The maximum Gasteiger partial charge on any atom is 0.398 e. The molecular formula is C15H22F3N5. The molecule has 0 radical (unpaired) electrons. The average molecular weight is 329 g/mol. The lowest BCUT2D eigenvalue weighted by atomic mass is 9.88. The number of rotatable bonds is 6. The zero-order valence-corrected chi connectivity index (χ0v) is 13.4. The van der Waals surface area contributed by atoms with Crippen LogP contribution in [-0.2, 0) is 13.1 Å². The molecule has 0 fully saturated rings. The van der Waals surface area contributed by atoms with Crippen LogP contribution in [0, 0.1) is 16.7 Å². The van der Waals surface area contributed by atoms with Gasteiger partial charge in [0.15, 0.2) is 0 Å². The van der Waals surface area contributed by atoms with E-state index in [2.05, 4.69) is 35.4 Å². The Hall–Kier alpha value is -1.62. The van der Waals surface area contributed by atoms with Crippen LogP contribution < -0.4 is 5.32 Å². The fraction of sp³-hybridized carbons (Fsp3) is 0.800. The molecule has 23 heavy (non-hydrogen) atoms. The van der Waals surface area contributed by atoms with Crippen LogP contribution in [0.1, 0.15) is 57.1 Å². The molecule has 5 nitrogen and oxygen atoms in total. The maximum atomic E-state index is 13.0. The van der Waals surface area contributed by atoms with Crippen LogP contribution in [0.15, 0.2) is 0 Å². The van der Waals surface area contributed by atoms with Gasteiger partial charge < -0.3 is 9.88 Å². The molecule has 0 aliphatic carbocycles. The van der Waals surface area contributed by atoms with Gasteiger partial charge in [0.1, 0.15) is 17.6 Å². The molecule has 0 saturated heterocycles. The second-order valence-corrected chi connectivity index (χ2v) is 6.79. The monoisotopic (exact) mass is 329 g/mol. The standard InChI is InChI=1S/C15H22F3N5/c1-14(2,6-4-7-19)10-20-9-12-21-22-13-11(15(16,17)18)5-3-8-23(12)13/h11,20H,3-6,8-10H2,1-2H3. The molecule has 0 spiro atoms. The summed E-state index contributed by atoms with van der Waals surface area (Å²) in [6.45, 7) is 5.68. The summed E-state index contributed by atoms with van der Waals surface area (Å²) in [7, 11) is 0. The van der Waals surface area contributed by atoms with E-state index in [1.165, 1.54) is 0 Å². The molecule has 1 aromatic heterocycles. The molecule has 1 aliphatic rings. The van der Waals surface area contributed by atoms with Gasteiger partial charge in [-0.2, -0.15) is 18.4 Å². The minimum atomic E-state index is -4.27. The van der Waals surface area contributed by atoms with Crippen LogP contribution in [0.2, 0.25) is 0 Å². The number of hydrogen-bond donors (Lipinski definition) is 1. The molecule has 1 aliphatic heterocycles. The van der Waals surface area contributed by atoms with Crippen molar-refractivity contribution in [3.63, 3.8) is 0 Å². The van der Waals surface area contributed by atoms with E-state index < -0.39 is 12.1 Å². The predicted octanol–water partition coefficient (Wildman–Crippen LogP) is 3.14. The normalized spacial score (nSPS) is 18.5. The molecule has 0 aromatic carbocycles. The number of aromatic nitrogens is 3. The van der Waals surface area contributed by atoms with Crippen molar-refractivity contribution in [3.8, 4) is 6.07 Å². The van der Waals surface area contributed by atoms with Crippen molar-refractivity contribution in [3.05, 3.63) is 11.6 Å². The summed E-state index contributed by atoms with van der Waals surface area (Å²) in [6, 6.07) is 2.13. The second-order valence-electron chi connectivity index (χ2n) is 6.79. The van der Waals surface area contributed by atoms with Crippen molar-refractivity contribution < 1.29 is 13.2 Å². The van der Waals surface area contributed by atoms with Gasteiger partial charge in [0, 0.05) is 19.5 Å². The second kappa shape index (κ2) is 6.87. The molecule has 128 valence electrons. The Morgan fingerprint density at radius 2 is 2.09 bits per heavy atom. The molecule has 1 aromatic rings. The van der Waals surface area contributed by atoms with Gasteiger partial charge in [-0.05, 0) is 24.7 Å². The Labute approximate surface area is 133 Å². The van der Waals surface area contributed by atoms with Gasteiger partial charge in [-0.3, -0.25) is 0 Å². The third-order valence-electron chi connectivity index (χ3n) is 4.24. The first-order valence-corrected chi connectivity index (χ1v) is 7.81. The fourth-order valence-electron chi connectivity index (χ4n) is 2.87. The topological polar surface area (TPSA) is 66.5 Å². The van der Waals surface area contributed by atoms with E-state index in [1.807, 2.05) is 0 Å². The van der Waals surface area contributed by atoms with Crippen molar-refractivity contribution in [2.24, 2.45) is 5.41 Å². The van der Waals surface area contributed by atoms with Gasteiger partial charge in [0.25, 0.3) is 0 Å². The Kier molecular flexibility index (Phi) is 5.30. The molecule has 1 N–H and O–H groups in total. The summed E-state index contributed by atoms with van der Waals surface area (Å²) in [5, 5.41) is 19.6. The molecule has 1 atom stereocenters. The SMILES string of the molecule is CC(C)(CCC#N)CNCc1nnc2n1CCCC2C(F)(F)F. The molecule has 0 saturated carbocycles. The summed E-state index contributed by atoms with van der Waals surface area (Å²) in [5.41, 5.74) is -0.0466. The molecule has 1 unspecified atom stereocenters.